The smallest absolute Gasteiger partial charge is 0.200 e. The van der Waals surface area contributed by atoms with E-state index in [0.717, 1.165) is 33.4 Å². The molecular weight excluding hydrogens is 330 g/mol. The van der Waals surface area contributed by atoms with Crippen LogP contribution < -0.4 is 0 Å². The zero-order valence-electron chi connectivity index (χ0n) is 13.8. The molecule has 0 amide bonds. The average Bonchev–Trinajstić information content (AvgIpc) is 3.10. The van der Waals surface area contributed by atoms with Gasteiger partial charge in [-0.15, -0.1) is 0 Å². The second-order valence-corrected chi connectivity index (χ2v) is 6.77. The van der Waals surface area contributed by atoms with E-state index in [1.807, 2.05) is 72.3 Å². The van der Waals surface area contributed by atoms with Crippen LogP contribution in [0.2, 0.25) is 0 Å². The van der Waals surface area contributed by atoms with E-state index < -0.39 is 0 Å². The first-order valence-electron chi connectivity index (χ1n) is 8.26. The van der Waals surface area contributed by atoms with Crippen molar-refractivity contribution in [2.24, 2.45) is 0 Å². The Balaban J connectivity index is 1.82. The van der Waals surface area contributed by atoms with Gasteiger partial charge in [0.2, 0.25) is 0 Å². The van der Waals surface area contributed by atoms with Crippen molar-refractivity contribution in [2.75, 3.05) is 0 Å². The molecule has 1 aliphatic rings. The van der Waals surface area contributed by atoms with Gasteiger partial charge in [0.25, 0.3) is 0 Å². The molecule has 0 fully saturated rings. The van der Waals surface area contributed by atoms with Crippen LogP contribution in [0.4, 0.5) is 0 Å². The number of Topliss-reactive ketones (excluding diaryl/α,β-unsaturated/α-hetero) is 1. The van der Waals surface area contributed by atoms with Gasteiger partial charge in [0.15, 0.2) is 16.8 Å². The summed E-state index contributed by atoms with van der Waals surface area (Å²) in [5.74, 6) is 0.847. The van der Waals surface area contributed by atoms with Crippen LogP contribution in [0.5, 0.6) is 0 Å². The maximum Gasteiger partial charge on any atom is 0.200 e. The molecule has 0 bridgehead atoms. The average molecular weight is 347 g/mol. The summed E-state index contributed by atoms with van der Waals surface area (Å²) in [6.07, 6.45) is 0.781. The monoisotopic (exact) mass is 347 g/mol. The summed E-state index contributed by atoms with van der Waals surface area (Å²) in [6.45, 7) is 2.60. The lowest BCUT2D eigenvalue weighted by Gasteiger charge is -2.20. The number of hydrogen-bond acceptors (Lipinski definition) is 4. The molecular formula is C20H17N3OS. The molecule has 124 valence electrons. The van der Waals surface area contributed by atoms with Gasteiger partial charge >= 0.3 is 0 Å². The van der Waals surface area contributed by atoms with Crippen molar-refractivity contribution in [1.29, 1.82) is 0 Å². The van der Waals surface area contributed by atoms with E-state index in [1.54, 1.807) is 0 Å². The summed E-state index contributed by atoms with van der Waals surface area (Å²) < 4.78 is 1.90. The number of rotatable bonds is 4. The minimum atomic E-state index is 0.0387. The van der Waals surface area contributed by atoms with Crippen molar-refractivity contribution in [3.05, 3.63) is 82.5 Å². The number of allylic oxidation sites excluding steroid dienone is 2. The summed E-state index contributed by atoms with van der Waals surface area (Å²) in [5.41, 5.74) is 2.75. The Bertz CT molecular complexity index is 946. The van der Waals surface area contributed by atoms with Gasteiger partial charge < -0.3 is 0 Å². The highest BCUT2D eigenvalue weighted by molar-refractivity contribution is 8.04. The number of carbonyl (C=O) groups excluding carboxylic acids is 1. The molecule has 0 saturated heterocycles. The first-order valence-corrected chi connectivity index (χ1v) is 9.08. The third-order valence-electron chi connectivity index (χ3n) is 4.14. The minimum absolute atomic E-state index is 0.0387. The van der Waals surface area contributed by atoms with Crippen molar-refractivity contribution in [3.8, 4) is 0 Å². The highest BCUT2D eigenvalue weighted by Gasteiger charge is 2.27. The van der Waals surface area contributed by atoms with Crippen LogP contribution in [0.15, 0.2) is 70.7 Å². The van der Waals surface area contributed by atoms with Gasteiger partial charge in [0, 0.05) is 12.0 Å². The molecule has 1 aromatic heterocycles. The summed E-state index contributed by atoms with van der Waals surface area (Å²) in [6, 6.07) is 19.5. The highest BCUT2D eigenvalue weighted by Crippen LogP contribution is 2.39. The molecule has 3 aromatic rings. The number of fused-ring (bicyclic) bond motifs is 1. The molecule has 0 atom stereocenters. The molecule has 2 aromatic carbocycles. The van der Waals surface area contributed by atoms with Crippen LogP contribution >= 0.6 is 11.8 Å². The van der Waals surface area contributed by atoms with E-state index in [1.165, 1.54) is 11.8 Å². The summed E-state index contributed by atoms with van der Waals surface area (Å²) >= 11 is 1.42. The van der Waals surface area contributed by atoms with Crippen LogP contribution in [-0.4, -0.2) is 20.5 Å². The minimum Gasteiger partial charge on any atom is -0.288 e. The Morgan fingerprint density at radius 2 is 1.76 bits per heavy atom. The van der Waals surface area contributed by atoms with Gasteiger partial charge in [-0.05, 0) is 22.9 Å². The van der Waals surface area contributed by atoms with E-state index in [0.29, 0.717) is 12.1 Å². The predicted molar refractivity (Wildman–Crippen MR) is 99.4 cm³/mol. The fourth-order valence-corrected chi connectivity index (χ4v) is 3.90. The molecule has 4 nitrogen and oxygen atoms in total. The number of nitrogens with zero attached hydrogens (tertiary/aromatic N) is 3. The maximum absolute atomic E-state index is 13.1. The first kappa shape index (κ1) is 15.8. The van der Waals surface area contributed by atoms with Crippen LogP contribution in [0.1, 0.15) is 28.7 Å². The van der Waals surface area contributed by atoms with Crippen LogP contribution in [0.3, 0.4) is 0 Å². The molecule has 2 heterocycles. The van der Waals surface area contributed by atoms with Crippen LogP contribution in [-0.2, 0) is 13.0 Å². The van der Waals surface area contributed by atoms with Crippen LogP contribution in [0, 0.1) is 0 Å². The zero-order valence-corrected chi connectivity index (χ0v) is 14.7. The summed E-state index contributed by atoms with van der Waals surface area (Å²) in [5, 5.41) is 5.34. The van der Waals surface area contributed by atoms with Gasteiger partial charge in [0.05, 0.1) is 11.4 Å². The number of hydrogen-bond donors (Lipinski definition) is 0. The van der Waals surface area contributed by atoms with E-state index in [4.69, 9.17) is 0 Å². The Morgan fingerprint density at radius 3 is 2.44 bits per heavy atom. The normalized spacial score (nSPS) is 13.6. The predicted octanol–water partition coefficient (Wildman–Crippen LogP) is 4.24. The first-order chi connectivity index (χ1) is 12.3. The molecule has 1 aliphatic heterocycles. The third kappa shape index (κ3) is 3.03. The van der Waals surface area contributed by atoms with Crippen molar-refractivity contribution in [1.82, 2.24) is 14.8 Å². The topological polar surface area (TPSA) is 47.8 Å². The quantitative estimate of drug-likeness (QED) is 0.662. The lowest BCUT2D eigenvalue weighted by atomic mass is 10.0. The van der Waals surface area contributed by atoms with E-state index in [2.05, 4.69) is 10.1 Å². The van der Waals surface area contributed by atoms with Crippen molar-refractivity contribution >= 4 is 23.1 Å². The number of thioether (sulfide) groups is 1. The van der Waals surface area contributed by atoms with Crippen molar-refractivity contribution in [3.63, 3.8) is 0 Å². The van der Waals surface area contributed by atoms with Gasteiger partial charge in [0.1, 0.15) is 0 Å². The molecule has 4 rings (SSSR count). The van der Waals surface area contributed by atoms with Gasteiger partial charge in [-0.1, -0.05) is 67.6 Å². The Kier molecular flexibility index (Phi) is 4.24. The molecule has 5 heteroatoms. The molecule has 0 radical (unpaired) electrons. The zero-order chi connectivity index (χ0) is 17.2. The fraction of sp³-hybridized carbons (Fsp3) is 0.150. The number of carbonyl (C=O) groups is 1. The molecule has 0 N–H and O–H groups in total. The molecule has 0 aliphatic carbocycles. The Hall–Kier alpha value is -2.66. The van der Waals surface area contributed by atoms with E-state index in [-0.39, 0.29) is 5.78 Å². The van der Waals surface area contributed by atoms with E-state index in [9.17, 15) is 4.79 Å². The van der Waals surface area contributed by atoms with Crippen molar-refractivity contribution in [2.45, 2.75) is 25.0 Å². The van der Waals surface area contributed by atoms with Gasteiger partial charge in [-0.3, -0.25) is 4.79 Å². The van der Waals surface area contributed by atoms with Gasteiger partial charge in [-0.25, -0.2) is 9.67 Å². The molecule has 25 heavy (non-hydrogen) atoms. The lowest BCUT2D eigenvalue weighted by Crippen LogP contribution is -2.15. The standard InChI is InChI=1S/C20H17N3OS/c1-2-17-21-20-23(22-17)13-16(14-9-5-3-6-10-14)19(25-20)18(24)15-11-7-4-8-12-15/h3-12H,2,13H2,1H3. The molecule has 0 saturated carbocycles. The van der Waals surface area contributed by atoms with Gasteiger partial charge in [-0.2, -0.15) is 5.10 Å². The second-order valence-electron chi connectivity index (χ2n) is 5.79. The van der Waals surface area contributed by atoms with Crippen molar-refractivity contribution < 1.29 is 4.79 Å². The highest BCUT2D eigenvalue weighted by atomic mass is 32.2. The second kappa shape index (κ2) is 6.69. The lowest BCUT2D eigenvalue weighted by molar-refractivity contribution is 0.104. The number of aromatic nitrogens is 3. The number of aryl methyl sites for hydroxylation is 1. The van der Waals surface area contributed by atoms with Crippen LogP contribution in [0.25, 0.3) is 5.57 Å². The largest absolute Gasteiger partial charge is 0.288 e. The molecule has 0 spiro atoms. The maximum atomic E-state index is 13.1. The Labute approximate surface area is 150 Å². The summed E-state index contributed by atoms with van der Waals surface area (Å²) in [7, 11) is 0. The third-order valence-corrected chi connectivity index (χ3v) is 5.26. The SMILES string of the molecule is CCc1nc2n(n1)CC(c1ccccc1)=C(C(=O)c1ccccc1)S2. The molecule has 0 unspecified atom stereocenters. The Morgan fingerprint density at radius 1 is 1.08 bits per heavy atom. The number of ketones is 1. The fourth-order valence-electron chi connectivity index (χ4n) is 2.84. The number of benzene rings is 2. The summed E-state index contributed by atoms with van der Waals surface area (Å²) in [4.78, 5) is 18.4. The van der Waals surface area contributed by atoms with E-state index >= 15 is 0 Å².